The number of fused-ring (bicyclic) bond motifs is 2. The quantitative estimate of drug-likeness (QED) is 0.894. The van der Waals surface area contributed by atoms with Gasteiger partial charge >= 0.3 is 0 Å². The molecule has 3 rings (SSSR count). The molecule has 3 atom stereocenters. The van der Waals surface area contributed by atoms with Crippen molar-refractivity contribution in [1.29, 1.82) is 0 Å². The van der Waals surface area contributed by atoms with E-state index in [1.165, 1.54) is 31.2 Å². The lowest BCUT2D eigenvalue weighted by atomic mass is 9.88. The number of nitrogens with zero attached hydrogens (tertiary/aromatic N) is 1. The molecular weight excluding hydrogens is 312 g/mol. The van der Waals surface area contributed by atoms with E-state index in [9.17, 15) is 13.2 Å². The molecule has 2 aliphatic carbocycles. The Labute approximate surface area is 138 Å². The Kier molecular flexibility index (Phi) is 4.47. The second-order valence-corrected chi connectivity index (χ2v) is 9.01. The average Bonchev–Trinajstić information content (AvgIpc) is 3.15. The van der Waals surface area contributed by atoms with Crippen molar-refractivity contribution in [2.24, 2.45) is 17.8 Å². The Balaban J connectivity index is 1.70. The first kappa shape index (κ1) is 16.5. The van der Waals surface area contributed by atoms with Gasteiger partial charge in [-0.05, 0) is 42.7 Å². The summed E-state index contributed by atoms with van der Waals surface area (Å²) in [5, 5.41) is 2.96. The Morgan fingerprint density at radius 2 is 1.96 bits per heavy atom. The van der Waals surface area contributed by atoms with Crippen molar-refractivity contribution in [3.05, 3.63) is 29.8 Å². The van der Waals surface area contributed by atoms with Crippen LogP contribution in [0.25, 0.3) is 0 Å². The van der Waals surface area contributed by atoms with Gasteiger partial charge < -0.3 is 5.32 Å². The van der Waals surface area contributed by atoms with Crippen LogP contribution >= 0.6 is 0 Å². The molecule has 1 amide bonds. The fourth-order valence-corrected chi connectivity index (χ4v) is 5.09. The average molecular weight is 336 g/mol. The van der Waals surface area contributed by atoms with Crippen LogP contribution in [-0.2, 0) is 21.4 Å². The van der Waals surface area contributed by atoms with Crippen molar-refractivity contribution in [2.75, 3.05) is 14.1 Å². The van der Waals surface area contributed by atoms with Gasteiger partial charge in [-0.25, -0.2) is 12.7 Å². The predicted molar refractivity (Wildman–Crippen MR) is 88.1 cm³/mol. The highest BCUT2D eigenvalue weighted by molar-refractivity contribution is 7.89. The summed E-state index contributed by atoms with van der Waals surface area (Å²) in [7, 11) is -0.473. The molecule has 1 aromatic rings. The van der Waals surface area contributed by atoms with E-state index in [0.29, 0.717) is 11.5 Å². The minimum absolute atomic E-state index is 0.0780. The summed E-state index contributed by atoms with van der Waals surface area (Å²) in [6.45, 7) is 0.260. The molecular formula is C17H24N2O3S. The summed E-state index contributed by atoms with van der Waals surface area (Å²) in [6, 6.07) is 6.86. The van der Waals surface area contributed by atoms with Gasteiger partial charge in [-0.2, -0.15) is 0 Å². The van der Waals surface area contributed by atoms with E-state index in [-0.39, 0.29) is 23.3 Å². The number of carbonyl (C=O) groups is 1. The van der Waals surface area contributed by atoms with Crippen LogP contribution in [-0.4, -0.2) is 32.7 Å². The summed E-state index contributed by atoms with van der Waals surface area (Å²) < 4.78 is 25.9. The Morgan fingerprint density at radius 1 is 1.22 bits per heavy atom. The number of benzene rings is 1. The van der Waals surface area contributed by atoms with E-state index < -0.39 is 10.0 Å². The summed E-state index contributed by atoms with van der Waals surface area (Å²) >= 11 is 0. The second kappa shape index (κ2) is 6.24. The van der Waals surface area contributed by atoms with Gasteiger partial charge in [-0.1, -0.05) is 24.6 Å². The maximum Gasteiger partial charge on any atom is 0.242 e. The topological polar surface area (TPSA) is 66.5 Å². The smallest absolute Gasteiger partial charge is 0.242 e. The van der Waals surface area contributed by atoms with Crippen LogP contribution in [0.2, 0.25) is 0 Å². The first-order valence-electron chi connectivity index (χ1n) is 8.17. The van der Waals surface area contributed by atoms with Gasteiger partial charge in [0.1, 0.15) is 0 Å². The van der Waals surface area contributed by atoms with Crippen molar-refractivity contribution in [1.82, 2.24) is 9.62 Å². The van der Waals surface area contributed by atoms with E-state index in [1.807, 2.05) is 0 Å². The van der Waals surface area contributed by atoms with E-state index in [4.69, 9.17) is 0 Å². The van der Waals surface area contributed by atoms with Crippen LogP contribution < -0.4 is 5.32 Å². The first-order valence-corrected chi connectivity index (χ1v) is 9.61. The van der Waals surface area contributed by atoms with Crippen molar-refractivity contribution in [3.63, 3.8) is 0 Å². The number of hydrogen-bond donors (Lipinski definition) is 1. The van der Waals surface area contributed by atoms with E-state index in [0.717, 1.165) is 18.8 Å². The molecule has 6 heteroatoms. The molecule has 0 aromatic heterocycles. The van der Waals surface area contributed by atoms with Gasteiger partial charge in [0, 0.05) is 26.6 Å². The number of amides is 1. The zero-order chi connectivity index (χ0) is 16.6. The molecule has 2 aliphatic rings. The van der Waals surface area contributed by atoms with Gasteiger partial charge in [0.25, 0.3) is 0 Å². The zero-order valence-corrected chi connectivity index (χ0v) is 14.5. The van der Waals surface area contributed by atoms with Crippen LogP contribution in [0.5, 0.6) is 0 Å². The van der Waals surface area contributed by atoms with Gasteiger partial charge in [-0.15, -0.1) is 0 Å². The van der Waals surface area contributed by atoms with Crippen LogP contribution in [0.15, 0.2) is 29.2 Å². The minimum Gasteiger partial charge on any atom is -0.352 e. The van der Waals surface area contributed by atoms with E-state index in [2.05, 4.69) is 5.32 Å². The lowest BCUT2D eigenvalue weighted by molar-refractivity contribution is -0.126. The standard InChI is InChI=1S/C17H24N2O3S/c1-19(2)23(21,22)16-6-4-3-5-14(16)11-18-17(20)15-10-12-7-8-13(15)9-12/h3-6,12-13,15H,7-11H2,1-2H3,(H,18,20)/t12-,13-,15-/m1/s1. The van der Waals surface area contributed by atoms with Gasteiger partial charge in [0.05, 0.1) is 4.90 Å². The third-order valence-electron chi connectivity index (χ3n) is 5.26. The lowest BCUT2D eigenvalue weighted by Crippen LogP contribution is -2.34. The largest absolute Gasteiger partial charge is 0.352 e. The van der Waals surface area contributed by atoms with Crippen LogP contribution in [0.4, 0.5) is 0 Å². The summed E-state index contributed by atoms with van der Waals surface area (Å²) in [5.41, 5.74) is 0.637. The maximum atomic E-state index is 12.4. The number of sulfonamides is 1. The highest BCUT2D eigenvalue weighted by atomic mass is 32.2. The molecule has 0 heterocycles. The van der Waals surface area contributed by atoms with Crippen molar-refractivity contribution in [3.8, 4) is 0 Å². The number of hydrogen-bond acceptors (Lipinski definition) is 3. The molecule has 0 saturated heterocycles. The summed E-state index contributed by atoms with van der Waals surface area (Å²) in [6.07, 6.45) is 4.60. The number of rotatable bonds is 5. The van der Waals surface area contributed by atoms with Crippen LogP contribution in [0, 0.1) is 17.8 Å². The maximum absolute atomic E-state index is 12.4. The van der Waals surface area contributed by atoms with Crippen LogP contribution in [0.1, 0.15) is 31.2 Å². The number of carbonyl (C=O) groups excluding carboxylic acids is 1. The molecule has 2 fully saturated rings. The molecule has 0 spiro atoms. The van der Waals surface area contributed by atoms with E-state index >= 15 is 0 Å². The molecule has 0 unspecified atom stereocenters. The predicted octanol–water partition coefficient (Wildman–Crippen LogP) is 1.99. The molecule has 2 bridgehead atoms. The third kappa shape index (κ3) is 3.15. The molecule has 2 saturated carbocycles. The van der Waals surface area contributed by atoms with Crippen molar-refractivity contribution < 1.29 is 13.2 Å². The van der Waals surface area contributed by atoms with Gasteiger partial charge in [0.15, 0.2) is 0 Å². The highest BCUT2D eigenvalue weighted by Gasteiger charge is 2.42. The minimum atomic E-state index is -3.50. The lowest BCUT2D eigenvalue weighted by Gasteiger charge is -2.21. The Morgan fingerprint density at radius 3 is 2.57 bits per heavy atom. The van der Waals surface area contributed by atoms with Gasteiger partial charge in [-0.3, -0.25) is 4.79 Å². The van der Waals surface area contributed by atoms with Gasteiger partial charge in [0.2, 0.25) is 15.9 Å². The SMILES string of the molecule is CN(C)S(=O)(=O)c1ccccc1CNC(=O)[C@@H]1C[C@@H]2CC[C@@H]1C2. The Hall–Kier alpha value is -1.40. The summed E-state index contributed by atoms with van der Waals surface area (Å²) in [4.78, 5) is 12.7. The molecule has 23 heavy (non-hydrogen) atoms. The van der Waals surface area contributed by atoms with Crippen molar-refractivity contribution >= 4 is 15.9 Å². The van der Waals surface area contributed by atoms with Crippen molar-refractivity contribution in [2.45, 2.75) is 37.1 Å². The highest BCUT2D eigenvalue weighted by Crippen LogP contribution is 2.48. The van der Waals surface area contributed by atoms with E-state index in [1.54, 1.807) is 24.3 Å². The van der Waals surface area contributed by atoms with Crippen LogP contribution in [0.3, 0.4) is 0 Å². The molecule has 1 N–H and O–H groups in total. The normalized spacial score (nSPS) is 26.7. The zero-order valence-electron chi connectivity index (χ0n) is 13.7. The molecule has 126 valence electrons. The molecule has 0 radical (unpaired) electrons. The summed E-state index contributed by atoms with van der Waals surface area (Å²) in [5.74, 6) is 1.44. The molecule has 1 aromatic carbocycles. The fraction of sp³-hybridized carbons (Fsp3) is 0.588. The second-order valence-electron chi connectivity index (χ2n) is 6.89. The number of nitrogens with one attached hydrogen (secondary N) is 1. The molecule has 0 aliphatic heterocycles. The molecule has 5 nitrogen and oxygen atoms in total. The Bertz CT molecular complexity index is 700. The fourth-order valence-electron chi connectivity index (χ4n) is 3.98. The first-order chi connectivity index (χ1) is 10.9. The monoisotopic (exact) mass is 336 g/mol. The third-order valence-corrected chi connectivity index (χ3v) is 7.17.